The fourth-order valence-corrected chi connectivity index (χ4v) is 3.95. The van der Waals surface area contributed by atoms with E-state index >= 15 is 0 Å². The van der Waals surface area contributed by atoms with Crippen LogP contribution in [0.1, 0.15) is 69.0 Å². The van der Waals surface area contributed by atoms with Crippen LogP contribution in [0.5, 0.6) is 0 Å². The van der Waals surface area contributed by atoms with E-state index in [9.17, 15) is 14.7 Å². The van der Waals surface area contributed by atoms with Gasteiger partial charge in [-0.3, -0.25) is 9.59 Å². The van der Waals surface area contributed by atoms with Crippen LogP contribution in [0.3, 0.4) is 0 Å². The minimum atomic E-state index is -0.825. The number of carbonyl (C=O) groups excluding carboxylic acids is 1. The number of rotatable bonds is 4. The first kappa shape index (κ1) is 17.0. The summed E-state index contributed by atoms with van der Waals surface area (Å²) in [4.78, 5) is 26.1. The highest BCUT2D eigenvalue weighted by molar-refractivity contribution is 5.86. The highest BCUT2D eigenvalue weighted by Gasteiger charge is 2.44. The minimum Gasteiger partial charge on any atom is -0.481 e. The van der Waals surface area contributed by atoms with Crippen molar-refractivity contribution in [3.05, 3.63) is 35.4 Å². The third kappa shape index (κ3) is 3.19. The molecule has 1 aliphatic heterocycles. The molecule has 1 saturated carbocycles. The van der Waals surface area contributed by atoms with Gasteiger partial charge in [-0.1, -0.05) is 38.1 Å². The van der Waals surface area contributed by atoms with Crippen LogP contribution in [0.25, 0.3) is 0 Å². The first-order valence-electron chi connectivity index (χ1n) is 9.12. The van der Waals surface area contributed by atoms with Crippen LogP contribution in [0.15, 0.2) is 24.3 Å². The molecule has 3 unspecified atom stereocenters. The maximum atomic E-state index is 12.9. The second-order valence-corrected chi connectivity index (χ2v) is 7.49. The summed E-state index contributed by atoms with van der Waals surface area (Å²) in [6, 6.07) is 8.69. The van der Waals surface area contributed by atoms with E-state index in [2.05, 4.69) is 38.1 Å². The molecule has 1 amide bonds. The Morgan fingerprint density at radius 3 is 2.25 bits per heavy atom. The van der Waals surface area contributed by atoms with Gasteiger partial charge >= 0.3 is 5.97 Å². The van der Waals surface area contributed by atoms with Gasteiger partial charge in [0.05, 0.1) is 17.9 Å². The Bertz CT molecular complexity index is 608. The van der Waals surface area contributed by atoms with Gasteiger partial charge in [-0.05, 0) is 49.1 Å². The third-order valence-electron chi connectivity index (χ3n) is 5.68. The van der Waals surface area contributed by atoms with Crippen LogP contribution in [0.4, 0.5) is 0 Å². The van der Waals surface area contributed by atoms with Gasteiger partial charge in [0.15, 0.2) is 0 Å². The van der Waals surface area contributed by atoms with Crippen LogP contribution < -0.4 is 0 Å². The molecule has 24 heavy (non-hydrogen) atoms. The Kier molecular flexibility index (Phi) is 4.93. The molecule has 4 heteroatoms. The minimum absolute atomic E-state index is 0.0475. The normalized spacial score (nSPS) is 27.0. The molecule has 1 aliphatic carbocycles. The van der Waals surface area contributed by atoms with Crippen LogP contribution in [0, 0.1) is 11.8 Å². The Morgan fingerprint density at radius 2 is 1.71 bits per heavy atom. The van der Waals surface area contributed by atoms with Gasteiger partial charge in [0.2, 0.25) is 5.91 Å². The van der Waals surface area contributed by atoms with Crippen LogP contribution in [-0.2, 0) is 9.59 Å². The summed E-state index contributed by atoms with van der Waals surface area (Å²) >= 11 is 0. The second kappa shape index (κ2) is 6.96. The zero-order chi connectivity index (χ0) is 17.3. The Labute approximate surface area is 143 Å². The number of carboxylic acids is 1. The summed E-state index contributed by atoms with van der Waals surface area (Å²) < 4.78 is 0. The number of amides is 1. The molecule has 3 atom stereocenters. The van der Waals surface area contributed by atoms with E-state index in [1.54, 1.807) is 0 Å². The van der Waals surface area contributed by atoms with Gasteiger partial charge in [-0.15, -0.1) is 0 Å². The lowest BCUT2D eigenvalue weighted by atomic mass is 9.72. The maximum Gasteiger partial charge on any atom is 0.307 e. The van der Waals surface area contributed by atoms with E-state index < -0.39 is 11.9 Å². The molecule has 4 nitrogen and oxygen atoms in total. The van der Waals surface area contributed by atoms with Crippen molar-refractivity contribution in [3.8, 4) is 0 Å². The Balaban J connectivity index is 1.78. The number of hydrogen-bond donors (Lipinski definition) is 1. The molecule has 0 radical (unpaired) electrons. The zero-order valence-electron chi connectivity index (χ0n) is 14.6. The predicted octanol–water partition coefficient (Wildman–Crippen LogP) is 3.97. The number of carbonyl (C=O) groups is 2. The van der Waals surface area contributed by atoms with Crippen molar-refractivity contribution < 1.29 is 14.7 Å². The van der Waals surface area contributed by atoms with Gasteiger partial charge in [0.25, 0.3) is 0 Å². The van der Waals surface area contributed by atoms with Crippen molar-refractivity contribution in [3.63, 3.8) is 0 Å². The highest BCUT2D eigenvalue weighted by atomic mass is 16.4. The van der Waals surface area contributed by atoms with Gasteiger partial charge in [0, 0.05) is 6.54 Å². The lowest BCUT2D eigenvalue weighted by Crippen LogP contribution is -2.48. The number of aliphatic carboxylic acids is 1. The van der Waals surface area contributed by atoms with E-state index in [0.29, 0.717) is 18.8 Å². The van der Waals surface area contributed by atoms with E-state index in [1.807, 2.05) is 4.90 Å². The van der Waals surface area contributed by atoms with Crippen LogP contribution in [-0.4, -0.2) is 28.4 Å². The van der Waals surface area contributed by atoms with Crippen molar-refractivity contribution >= 4 is 11.9 Å². The van der Waals surface area contributed by atoms with Crippen LogP contribution in [0.2, 0.25) is 0 Å². The lowest BCUT2D eigenvalue weighted by Gasteiger charge is -2.42. The topological polar surface area (TPSA) is 57.6 Å². The molecular weight excluding hydrogens is 302 g/mol. The molecule has 1 aromatic carbocycles. The van der Waals surface area contributed by atoms with E-state index in [0.717, 1.165) is 25.8 Å². The summed E-state index contributed by atoms with van der Waals surface area (Å²) in [6.07, 6.45) is 4.44. The number of carboxylic acid groups (broad SMARTS) is 1. The largest absolute Gasteiger partial charge is 0.481 e. The quantitative estimate of drug-likeness (QED) is 0.909. The van der Waals surface area contributed by atoms with Crippen molar-refractivity contribution in [2.75, 3.05) is 6.54 Å². The molecule has 0 bridgehead atoms. The van der Waals surface area contributed by atoms with Crippen molar-refractivity contribution in [2.24, 2.45) is 11.8 Å². The average molecular weight is 329 g/mol. The zero-order valence-corrected chi connectivity index (χ0v) is 14.6. The van der Waals surface area contributed by atoms with Crippen molar-refractivity contribution in [1.29, 1.82) is 0 Å². The summed E-state index contributed by atoms with van der Waals surface area (Å²) in [5, 5.41) is 9.25. The number of nitrogens with zero attached hydrogens (tertiary/aromatic N) is 1. The monoisotopic (exact) mass is 329 g/mol. The molecular formula is C20H27NO3. The fourth-order valence-electron chi connectivity index (χ4n) is 3.95. The molecule has 1 N–H and O–H groups in total. The highest BCUT2D eigenvalue weighted by Crippen LogP contribution is 2.40. The Morgan fingerprint density at radius 1 is 1.04 bits per heavy atom. The number of piperidine rings is 1. The van der Waals surface area contributed by atoms with Crippen LogP contribution >= 0.6 is 0 Å². The number of hydrogen-bond acceptors (Lipinski definition) is 2. The molecule has 2 fully saturated rings. The molecule has 1 aromatic rings. The average Bonchev–Trinajstić information content (AvgIpc) is 2.53. The van der Waals surface area contributed by atoms with Gasteiger partial charge in [-0.25, -0.2) is 0 Å². The van der Waals surface area contributed by atoms with E-state index in [1.165, 1.54) is 11.1 Å². The molecule has 0 spiro atoms. The first-order valence-corrected chi connectivity index (χ1v) is 9.12. The Hall–Kier alpha value is -1.84. The summed E-state index contributed by atoms with van der Waals surface area (Å²) in [6.45, 7) is 5.10. The molecule has 2 aliphatic rings. The summed E-state index contributed by atoms with van der Waals surface area (Å²) in [5.41, 5.74) is 2.48. The summed E-state index contributed by atoms with van der Waals surface area (Å²) in [5.74, 6) is -1.09. The molecule has 130 valence electrons. The lowest BCUT2D eigenvalue weighted by molar-refractivity contribution is -0.158. The smallest absolute Gasteiger partial charge is 0.307 e. The first-order chi connectivity index (χ1) is 11.5. The molecule has 1 heterocycles. The van der Waals surface area contributed by atoms with Gasteiger partial charge < -0.3 is 10.0 Å². The molecule has 3 rings (SSSR count). The fraction of sp³-hybridized carbons (Fsp3) is 0.600. The van der Waals surface area contributed by atoms with Crippen molar-refractivity contribution in [1.82, 2.24) is 4.90 Å². The SMILES string of the molecule is CC(C)c1ccc(C2CCCCN2C(=O)C2CCC2C(=O)O)cc1. The van der Waals surface area contributed by atoms with E-state index in [4.69, 9.17) is 0 Å². The third-order valence-corrected chi connectivity index (χ3v) is 5.68. The molecule has 1 saturated heterocycles. The summed E-state index contributed by atoms with van der Waals surface area (Å²) in [7, 11) is 0. The maximum absolute atomic E-state index is 12.9. The van der Waals surface area contributed by atoms with E-state index in [-0.39, 0.29) is 17.9 Å². The predicted molar refractivity (Wildman–Crippen MR) is 92.7 cm³/mol. The molecule has 0 aromatic heterocycles. The van der Waals surface area contributed by atoms with Gasteiger partial charge in [0.1, 0.15) is 0 Å². The second-order valence-electron chi connectivity index (χ2n) is 7.49. The van der Waals surface area contributed by atoms with Gasteiger partial charge in [-0.2, -0.15) is 0 Å². The number of likely N-dealkylation sites (tertiary alicyclic amines) is 1. The number of benzene rings is 1. The standard InChI is InChI=1S/C20H27NO3/c1-13(2)14-6-8-15(9-7-14)18-5-3-4-12-21(18)19(22)16-10-11-17(16)20(23)24/h6-9,13,16-18H,3-5,10-12H2,1-2H3,(H,23,24). The van der Waals surface area contributed by atoms with Crippen molar-refractivity contribution in [2.45, 2.75) is 57.9 Å².